The first-order valence-electron chi connectivity index (χ1n) is 2.08. The molecule has 0 radical (unpaired) electrons. The van der Waals surface area contributed by atoms with Crippen LogP contribution in [0.5, 0.6) is 0 Å². The van der Waals surface area contributed by atoms with Crippen LogP contribution in [0.25, 0.3) is 0 Å². The zero-order valence-corrected chi connectivity index (χ0v) is 4.61. The summed E-state index contributed by atoms with van der Waals surface area (Å²) in [5, 5.41) is 9.33. The Hall–Kier alpha value is -1.59. The number of urea groups is 1. The minimum absolute atomic E-state index is 0.833. The van der Waals surface area contributed by atoms with E-state index < -0.39 is 6.03 Å². The van der Waals surface area contributed by atoms with E-state index in [4.69, 9.17) is 4.79 Å². The Labute approximate surface area is 51.2 Å². The molecule has 2 amide bonds. The van der Waals surface area contributed by atoms with Crippen molar-refractivity contribution in [1.29, 1.82) is 0 Å². The van der Waals surface area contributed by atoms with Gasteiger partial charge in [-0.25, -0.2) is 4.79 Å². The van der Waals surface area contributed by atoms with Crippen molar-refractivity contribution in [2.24, 2.45) is 11.5 Å². The van der Waals surface area contributed by atoms with Crippen molar-refractivity contribution in [1.82, 2.24) is 15.4 Å². The summed E-state index contributed by atoms with van der Waals surface area (Å²) < 4.78 is 0. The van der Waals surface area contributed by atoms with Crippen molar-refractivity contribution in [3.63, 3.8) is 0 Å². The van der Waals surface area contributed by atoms with Crippen LogP contribution in [0.3, 0.4) is 0 Å². The van der Waals surface area contributed by atoms with Crippen LogP contribution in [0.1, 0.15) is 0 Å². The monoisotopic (exact) mass is 129 g/mol. The van der Waals surface area contributed by atoms with E-state index in [1.54, 1.807) is 12.4 Å². The van der Waals surface area contributed by atoms with Crippen molar-refractivity contribution in [3.05, 3.63) is 12.4 Å². The summed E-state index contributed by atoms with van der Waals surface area (Å²) in [4.78, 5) is 9.00. The highest BCUT2D eigenvalue weighted by atomic mass is 16.2. The van der Waals surface area contributed by atoms with Gasteiger partial charge in [0, 0.05) is 0 Å². The van der Waals surface area contributed by atoms with E-state index in [1.807, 2.05) is 0 Å². The lowest BCUT2D eigenvalue weighted by Gasteiger charge is -1.62. The number of hydrogen-bond donors (Lipinski definition) is 3. The molecule has 0 aromatic carbocycles. The maximum Gasteiger partial charge on any atom is 0.309 e. The van der Waals surface area contributed by atoms with Gasteiger partial charge in [-0.1, -0.05) is 0 Å². The molecule has 0 fully saturated rings. The van der Waals surface area contributed by atoms with Gasteiger partial charge in [0.1, 0.15) is 0 Å². The van der Waals surface area contributed by atoms with E-state index in [-0.39, 0.29) is 0 Å². The van der Waals surface area contributed by atoms with Crippen molar-refractivity contribution < 1.29 is 4.79 Å². The number of carbonyl (C=O) groups excluding carboxylic acids is 1. The number of aromatic nitrogens is 3. The predicted octanol–water partition coefficient (Wildman–Crippen LogP) is -1.17. The molecule has 0 spiro atoms. The molecule has 0 saturated carbocycles. The van der Waals surface area contributed by atoms with Gasteiger partial charge in [-0.15, -0.1) is 0 Å². The molecular formula is C3H7N5O. The zero-order chi connectivity index (χ0) is 7.11. The Bertz CT molecular complexity index is 126. The fourth-order valence-electron chi connectivity index (χ4n) is 0.167. The molecule has 6 nitrogen and oxygen atoms in total. The van der Waals surface area contributed by atoms with Gasteiger partial charge < -0.3 is 11.5 Å². The lowest BCUT2D eigenvalue weighted by atomic mass is 11.0. The normalized spacial score (nSPS) is 7.11. The highest BCUT2D eigenvalue weighted by Gasteiger charge is 1.60. The number of H-pyrrole nitrogens is 1. The first-order valence-corrected chi connectivity index (χ1v) is 2.08. The Balaban J connectivity index is 0.000000148. The van der Waals surface area contributed by atoms with Gasteiger partial charge in [0.05, 0.1) is 12.4 Å². The molecular weight excluding hydrogens is 122 g/mol. The van der Waals surface area contributed by atoms with Crippen LogP contribution < -0.4 is 11.5 Å². The summed E-state index contributed by atoms with van der Waals surface area (Å²) in [5.74, 6) is 0. The van der Waals surface area contributed by atoms with Crippen molar-refractivity contribution in [2.75, 3.05) is 0 Å². The third-order valence-corrected chi connectivity index (χ3v) is 0.331. The second-order valence-electron chi connectivity index (χ2n) is 1.06. The van der Waals surface area contributed by atoms with Crippen LogP contribution >= 0.6 is 0 Å². The standard InChI is InChI=1S/C2H3N3.CH4N2O/c1-2-4-5-3-1;2-1(3)4/h1-2H,(H,3,4,5);(H4,2,3,4). The number of hydrogen-bond acceptors (Lipinski definition) is 3. The third-order valence-electron chi connectivity index (χ3n) is 0.331. The van der Waals surface area contributed by atoms with Crippen molar-refractivity contribution >= 4 is 6.03 Å². The second kappa shape index (κ2) is 4.57. The largest absolute Gasteiger partial charge is 0.352 e. The van der Waals surface area contributed by atoms with Gasteiger partial charge >= 0.3 is 6.03 Å². The number of nitrogens with zero attached hydrogens (tertiary/aromatic N) is 2. The van der Waals surface area contributed by atoms with Crippen LogP contribution in [-0.4, -0.2) is 21.4 Å². The number of nitrogens with two attached hydrogens (primary N) is 2. The molecule has 1 aromatic heterocycles. The number of aromatic amines is 1. The molecule has 0 aliphatic carbocycles. The molecule has 0 unspecified atom stereocenters. The van der Waals surface area contributed by atoms with E-state index >= 15 is 0 Å². The van der Waals surface area contributed by atoms with Gasteiger partial charge in [-0.05, 0) is 0 Å². The van der Waals surface area contributed by atoms with Crippen LogP contribution in [0.4, 0.5) is 4.79 Å². The van der Waals surface area contributed by atoms with Gasteiger partial charge in [-0.3, -0.25) is 0 Å². The summed E-state index contributed by atoms with van der Waals surface area (Å²) in [6.07, 6.45) is 3.17. The Morgan fingerprint density at radius 2 is 1.67 bits per heavy atom. The number of amides is 2. The maximum absolute atomic E-state index is 9.00. The van der Waals surface area contributed by atoms with Crippen LogP contribution in [0, 0.1) is 0 Å². The summed E-state index contributed by atoms with van der Waals surface area (Å²) in [6, 6.07) is -0.833. The second-order valence-corrected chi connectivity index (χ2v) is 1.06. The average Bonchev–Trinajstić information content (AvgIpc) is 2.11. The molecule has 1 aromatic rings. The molecule has 0 saturated heterocycles. The van der Waals surface area contributed by atoms with Crippen LogP contribution in [0.15, 0.2) is 12.4 Å². The van der Waals surface area contributed by atoms with E-state index in [9.17, 15) is 0 Å². The summed E-state index contributed by atoms with van der Waals surface area (Å²) in [5.41, 5.74) is 8.50. The molecule has 50 valence electrons. The fourth-order valence-corrected chi connectivity index (χ4v) is 0.167. The number of carbonyl (C=O) groups is 1. The van der Waals surface area contributed by atoms with Gasteiger partial charge in [0.15, 0.2) is 0 Å². The quantitative estimate of drug-likeness (QED) is 0.410. The molecule has 0 atom stereocenters. The van der Waals surface area contributed by atoms with E-state index in [0.717, 1.165) is 0 Å². The molecule has 0 aliphatic rings. The minimum atomic E-state index is -0.833. The summed E-state index contributed by atoms with van der Waals surface area (Å²) >= 11 is 0. The molecule has 5 N–H and O–H groups in total. The molecule has 1 rings (SSSR count). The molecule has 6 heteroatoms. The first-order chi connectivity index (χ1) is 4.23. The lowest BCUT2D eigenvalue weighted by Crippen LogP contribution is -2.18. The van der Waals surface area contributed by atoms with E-state index in [1.165, 1.54) is 0 Å². The van der Waals surface area contributed by atoms with Crippen LogP contribution in [-0.2, 0) is 0 Å². The Morgan fingerprint density at radius 1 is 1.33 bits per heavy atom. The Kier molecular flexibility index (Phi) is 3.76. The van der Waals surface area contributed by atoms with Gasteiger partial charge in [0.2, 0.25) is 0 Å². The molecule has 0 bridgehead atoms. The van der Waals surface area contributed by atoms with Gasteiger partial charge in [0.25, 0.3) is 0 Å². The molecule has 0 aliphatic heterocycles. The highest BCUT2D eigenvalue weighted by molar-refractivity contribution is 5.69. The zero-order valence-electron chi connectivity index (χ0n) is 4.61. The number of rotatable bonds is 0. The molecule has 9 heavy (non-hydrogen) atoms. The number of primary amides is 2. The minimum Gasteiger partial charge on any atom is -0.352 e. The maximum atomic E-state index is 9.00. The lowest BCUT2D eigenvalue weighted by molar-refractivity contribution is 0.256. The number of nitrogens with one attached hydrogen (secondary N) is 1. The fraction of sp³-hybridized carbons (Fsp3) is 0. The van der Waals surface area contributed by atoms with E-state index in [0.29, 0.717) is 0 Å². The first kappa shape index (κ1) is 7.41. The summed E-state index contributed by atoms with van der Waals surface area (Å²) in [6.45, 7) is 0. The summed E-state index contributed by atoms with van der Waals surface area (Å²) in [7, 11) is 0. The smallest absolute Gasteiger partial charge is 0.309 e. The van der Waals surface area contributed by atoms with Gasteiger partial charge in [-0.2, -0.15) is 15.4 Å². The van der Waals surface area contributed by atoms with Crippen molar-refractivity contribution in [3.8, 4) is 0 Å². The molecule has 1 heterocycles. The predicted molar refractivity (Wildman–Crippen MR) is 30.2 cm³/mol. The van der Waals surface area contributed by atoms with E-state index in [2.05, 4.69) is 26.9 Å². The third kappa shape index (κ3) is 10.7. The van der Waals surface area contributed by atoms with Crippen LogP contribution in [0.2, 0.25) is 0 Å². The topological polar surface area (TPSA) is 111 Å². The highest BCUT2D eigenvalue weighted by Crippen LogP contribution is 1.55. The average molecular weight is 129 g/mol. The SMILES string of the molecule is NC(N)=O.c1cn[nH]n1. The Morgan fingerprint density at radius 3 is 1.78 bits per heavy atom. The van der Waals surface area contributed by atoms with Crippen molar-refractivity contribution in [2.45, 2.75) is 0 Å².